The Hall–Kier alpha value is -1.49. The molecular formula is C17H24N2O2S. The number of anilines is 1. The Morgan fingerprint density at radius 1 is 1.32 bits per heavy atom. The Kier molecular flexibility index (Phi) is 5.89. The van der Waals surface area contributed by atoms with Crippen molar-refractivity contribution in [2.45, 2.75) is 33.2 Å². The van der Waals surface area contributed by atoms with E-state index in [0.717, 1.165) is 17.9 Å². The quantitative estimate of drug-likeness (QED) is 0.783. The van der Waals surface area contributed by atoms with Gasteiger partial charge in [0.15, 0.2) is 0 Å². The van der Waals surface area contributed by atoms with Gasteiger partial charge in [0.2, 0.25) is 11.8 Å². The van der Waals surface area contributed by atoms with Gasteiger partial charge in [-0.15, -0.1) is 0 Å². The zero-order chi connectivity index (χ0) is 16.1. The lowest BCUT2D eigenvalue weighted by Gasteiger charge is -2.39. The highest BCUT2D eigenvalue weighted by Gasteiger charge is 2.32. The Labute approximate surface area is 136 Å². The molecule has 0 radical (unpaired) electrons. The largest absolute Gasteiger partial charge is 0.328 e. The first-order chi connectivity index (χ1) is 10.5. The SMILES string of the molecule is CCCSCC(=O)N1CC(=O)N(c2ccc(C)cc2)C[C@H]1C. The molecule has 5 heteroatoms. The van der Waals surface area contributed by atoms with Crippen molar-refractivity contribution in [1.29, 1.82) is 0 Å². The van der Waals surface area contributed by atoms with E-state index in [9.17, 15) is 9.59 Å². The number of hydrogen-bond acceptors (Lipinski definition) is 3. The summed E-state index contributed by atoms with van der Waals surface area (Å²) in [7, 11) is 0. The molecule has 0 spiro atoms. The summed E-state index contributed by atoms with van der Waals surface area (Å²) in [5.74, 6) is 1.52. The van der Waals surface area contributed by atoms with Crippen LogP contribution in [-0.4, -0.2) is 47.4 Å². The zero-order valence-corrected chi connectivity index (χ0v) is 14.4. The van der Waals surface area contributed by atoms with E-state index in [-0.39, 0.29) is 24.4 Å². The molecule has 120 valence electrons. The number of carbonyl (C=O) groups is 2. The molecule has 0 bridgehead atoms. The average molecular weight is 320 g/mol. The third-order valence-corrected chi connectivity index (χ3v) is 4.97. The summed E-state index contributed by atoms with van der Waals surface area (Å²) in [5, 5.41) is 0. The normalized spacial score (nSPS) is 18.7. The van der Waals surface area contributed by atoms with E-state index in [0.29, 0.717) is 12.3 Å². The number of hydrogen-bond donors (Lipinski definition) is 0. The van der Waals surface area contributed by atoms with Gasteiger partial charge in [0.25, 0.3) is 0 Å². The number of piperazine rings is 1. The lowest BCUT2D eigenvalue weighted by Crippen LogP contribution is -2.57. The molecule has 1 atom stereocenters. The first-order valence-electron chi connectivity index (χ1n) is 7.77. The summed E-state index contributed by atoms with van der Waals surface area (Å²) in [4.78, 5) is 28.1. The minimum absolute atomic E-state index is 0.00389. The number of aryl methyl sites for hydroxylation is 1. The maximum atomic E-state index is 12.4. The van der Waals surface area contributed by atoms with Crippen molar-refractivity contribution in [2.24, 2.45) is 0 Å². The fraction of sp³-hybridized carbons (Fsp3) is 0.529. The van der Waals surface area contributed by atoms with E-state index in [1.165, 1.54) is 5.56 Å². The minimum atomic E-state index is -0.00389. The molecule has 1 heterocycles. The van der Waals surface area contributed by atoms with Crippen LogP contribution in [-0.2, 0) is 9.59 Å². The summed E-state index contributed by atoms with van der Waals surface area (Å²) >= 11 is 1.64. The third kappa shape index (κ3) is 4.03. The number of carbonyl (C=O) groups excluding carboxylic acids is 2. The van der Waals surface area contributed by atoms with E-state index < -0.39 is 0 Å². The standard InChI is InChI=1S/C17H24N2O2S/c1-4-9-22-12-17(21)18-11-16(20)19(10-14(18)3)15-7-5-13(2)6-8-15/h5-8,14H,4,9-12H2,1-3H3/t14-/m1/s1. The molecule has 4 nitrogen and oxygen atoms in total. The van der Waals surface area contributed by atoms with Gasteiger partial charge in [-0.1, -0.05) is 24.6 Å². The maximum absolute atomic E-state index is 12.4. The second-order valence-electron chi connectivity index (χ2n) is 5.76. The summed E-state index contributed by atoms with van der Waals surface area (Å²) < 4.78 is 0. The molecule has 1 saturated heterocycles. The molecular weight excluding hydrogens is 296 g/mol. The van der Waals surface area contributed by atoms with Crippen LogP contribution in [0.3, 0.4) is 0 Å². The first-order valence-corrected chi connectivity index (χ1v) is 8.92. The maximum Gasteiger partial charge on any atom is 0.246 e. The molecule has 0 aromatic heterocycles. The molecule has 0 unspecified atom stereocenters. The summed E-state index contributed by atoms with van der Waals surface area (Å²) in [6, 6.07) is 8.00. The Bertz CT molecular complexity index is 530. The fourth-order valence-corrected chi connectivity index (χ4v) is 3.32. The molecule has 2 amide bonds. The summed E-state index contributed by atoms with van der Waals surface area (Å²) in [6.45, 7) is 6.88. The molecule has 1 fully saturated rings. The van der Waals surface area contributed by atoms with E-state index in [1.54, 1.807) is 21.6 Å². The highest BCUT2D eigenvalue weighted by molar-refractivity contribution is 7.99. The van der Waals surface area contributed by atoms with Crippen LogP contribution in [0.4, 0.5) is 5.69 Å². The molecule has 1 aliphatic heterocycles. The van der Waals surface area contributed by atoms with Crippen LogP contribution in [0.25, 0.3) is 0 Å². The van der Waals surface area contributed by atoms with Gasteiger partial charge < -0.3 is 9.80 Å². The summed E-state index contributed by atoms with van der Waals surface area (Å²) in [6.07, 6.45) is 1.06. The smallest absolute Gasteiger partial charge is 0.246 e. The van der Waals surface area contributed by atoms with Crippen molar-refractivity contribution < 1.29 is 9.59 Å². The number of rotatable bonds is 5. The van der Waals surface area contributed by atoms with Gasteiger partial charge in [-0.25, -0.2) is 0 Å². The molecule has 22 heavy (non-hydrogen) atoms. The zero-order valence-electron chi connectivity index (χ0n) is 13.5. The van der Waals surface area contributed by atoms with Gasteiger partial charge in [-0.05, 0) is 38.2 Å². The number of amides is 2. The van der Waals surface area contributed by atoms with E-state index >= 15 is 0 Å². The lowest BCUT2D eigenvalue weighted by molar-refractivity contribution is -0.137. The van der Waals surface area contributed by atoms with Crippen LogP contribution in [0, 0.1) is 6.92 Å². The molecule has 0 aliphatic carbocycles. The van der Waals surface area contributed by atoms with Crippen LogP contribution in [0.2, 0.25) is 0 Å². The van der Waals surface area contributed by atoms with Gasteiger partial charge in [-0.3, -0.25) is 9.59 Å². The van der Waals surface area contributed by atoms with Crippen molar-refractivity contribution in [3.05, 3.63) is 29.8 Å². The lowest BCUT2D eigenvalue weighted by atomic mass is 10.1. The van der Waals surface area contributed by atoms with Crippen LogP contribution < -0.4 is 4.90 Å². The van der Waals surface area contributed by atoms with E-state index in [4.69, 9.17) is 0 Å². The molecule has 0 saturated carbocycles. The highest BCUT2D eigenvalue weighted by Crippen LogP contribution is 2.21. The van der Waals surface area contributed by atoms with E-state index in [2.05, 4.69) is 6.92 Å². The van der Waals surface area contributed by atoms with Gasteiger partial charge >= 0.3 is 0 Å². The monoisotopic (exact) mass is 320 g/mol. The van der Waals surface area contributed by atoms with Crippen molar-refractivity contribution in [3.63, 3.8) is 0 Å². The van der Waals surface area contributed by atoms with Crippen LogP contribution >= 0.6 is 11.8 Å². The van der Waals surface area contributed by atoms with Crippen LogP contribution in [0.5, 0.6) is 0 Å². The third-order valence-electron chi connectivity index (χ3n) is 3.83. The van der Waals surface area contributed by atoms with Crippen LogP contribution in [0.15, 0.2) is 24.3 Å². The predicted molar refractivity (Wildman–Crippen MR) is 92.3 cm³/mol. The van der Waals surface area contributed by atoms with Gasteiger partial charge in [0, 0.05) is 18.3 Å². The van der Waals surface area contributed by atoms with Crippen molar-refractivity contribution in [3.8, 4) is 0 Å². The molecule has 0 N–H and O–H groups in total. The Morgan fingerprint density at radius 2 is 2.00 bits per heavy atom. The highest BCUT2D eigenvalue weighted by atomic mass is 32.2. The molecule has 2 rings (SSSR count). The number of thioether (sulfide) groups is 1. The number of benzene rings is 1. The first kappa shape index (κ1) is 16.9. The topological polar surface area (TPSA) is 40.6 Å². The van der Waals surface area contributed by atoms with Crippen molar-refractivity contribution in [2.75, 3.05) is 29.5 Å². The summed E-state index contributed by atoms with van der Waals surface area (Å²) in [5.41, 5.74) is 2.08. The van der Waals surface area contributed by atoms with Gasteiger partial charge in [-0.2, -0.15) is 11.8 Å². The second kappa shape index (κ2) is 7.68. The predicted octanol–water partition coefficient (Wildman–Crippen LogP) is 2.70. The molecule has 1 aromatic rings. The second-order valence-corrected chi connectivity index (χ2v) is 6.87. The van der Waals surface area contributed by atoms with Gasteiger partial charge in [0.05, 0.1) is 5.75 Å². The fourth-order valence-electron chi connectivity index (χ4n) is 2.55. The Morgan fingerprint density at radius 3 is 2.64 bits per heavy atom. The molecule has 1 aliphatic rings. The molecule has 1 aromatic carbocycles. The Balaban J connectivity index is 2.00. The minimum Gasteiger partial charge on any atom is -0.328 e. The average Bonchev–Trinajstić information content (AvgIpc) is 2.50. The van der Waals surface area contributed by atoms with Crippen LogP contribution in [0.1, 0.15) is 25.8 Å². The van der Waals surface area contributed by atoms with Crippen molar-refractivity contribution in [1.82, 2.24) is 4.90 Å². The van der Waals surface area contributed by atoms with Crippen molar-refractivity contribution >= 4 is 29.3 Å². The van der Waals surface area contributed by atoms with Gasteiger partial charge in [0.1, 0.15) is 6.54 Å². The number of nitrogens with zero attached hydrogens (tertiary/aromatic N) is 2. The van der Waals surface area contributed by atoms with E-state index in [1.807, 2.05) is 38.1 Å².